The predicted molar refractivity (Wildman–Crippen MR) is 118 cm³/mol. The number of fused-ring (bicyclic) bond motifs is 2. The molecule has 0 unspecified atom stereocenters. The maximum Gasteiger partial charge on any atom is 0.232 e. The highest BCUT2D eigenvalue weighted by Crippen LogP contribution is 2.30. The minimum absolute atomic E-state index is 0.215. The highest BCUT2D eigenvalue weighted by atomic mass is 32.2. The Morgan fingerprint density at radius 3 is 2.62 bits per heavy atom. The van der Waals surface area contributed by atoms with Gasteiger partial charge < -0.3 is 9.32 Å². The zero-order chi connectivity index (χ0) is 19.6. The lowest BCUT2D eigenvalue weighted by molar-refractivity contribution is -0.129. The molecule has 0 aliphatic carbocycles. The van der Waals surface area contributed by atoms with Crippen molar-refractivity contribution in [1.82, 2.24) is 14.9 Å². The van der Waals surface area contributed by atoms with E-state index in [1.807, 2.05) is 47.4 Å². The molecule has 29 heavy (non-hydrogen) atoms. The van der Waals surface area contributed by atoms with Crippen LogP contribution in [-0.4, -0.2) is 39.6 Å². The summed E-state index contributed by atoms with van der Waals surface area (Å²) in [6.45, 7) is 1.54. The third kappa shape index (κ3) is 4.02. The van der Waals surface area contributed by atoms with Gasteiger partial charge in [0.25, 0.3) is 0 Å². The standard InChI is InChI=1S/C22H21N3O2S2/c26-21(14-28-13-20-23-17-6-2-4-8-19(17)29-20)25-11-9-15(10-12-25)22-24-16-5-1-3-7-18(16)27-22/h1-8,15H,9-14H2. The third-order valence-electron chi connectivity index (χ3n) is 5.30. The van der Waals surface area contributed by atoms with Crippen LogP contribution in [0.5, 0.6) is 0 Å². The number of hydrogen-bond donors (Lipinski definition) is 0. The zero-order valence-electron chi connectivity index (χ0n) is 15.9. The zero-order valence-corrected chi connectivity index (χ0v) is 17.5. The van der Waals surface area contributed by atoms with Crippen LogP contribution >= 0.6 is 23.1 Å². The number of likely N-dealkylation sites (tertiary alicyclic amines) is 1. The van der Waals surface area contributed by atoms with E-state index in [-0.39, 0.29) is 5.91 Å². The van der Waals surface area contributed by atoms with Crippen molar-refractivity contribution < 1.29 is 9.21 Å². The third-order valence-corrected chi connectivity index (χ3v) is 7.44. The molecule has 148 valence electrons. The monoisotopic (exact) mass is 423 g/mol. The average Bonchev–Trinajstić information content (AvgIpc) is 3.37. The van der Waals surface area contributed by atoms with Crippen molar-refractivity contribution in [3.05, 3.63) is 59.4 Å². The quantitative estimate of drug-likeness (QED) is 0.448. The van der Waals surface area contributed by atoms with Gasteiger partial charge in [0.2, 0.25) is 5.91 Å². The van der Waals surface area contributed by atoms with Crippen LogP contribution in [0.15, 0.2) is 52.9 Å². The van der Waals surface area contributed by atoms with Crippen LogP contribution in [0.2, 0.25) is 0 Å². The van der Waals surface area contributed by atoms with Gasteiger partial charge in [-0.05, 0) is 37.1 Å². The van der Waals surface area contributed by atoms with Crippen molar-refractivity contribution in [3.63, 3.8) is 0 Å². The van der Waals surface area contributed by atoms with Crippen LogP contribution in [0.4, 0.5) is 0 Å². The minimum atomic E-state index is 0.215. The van der Waals surface area contributed by atoms with Gasteiger partial charge in [0, 0.05) is 24.8 Å². The second-order valence-corrected chi connectivity index (χ2v) is 9.34. The summed E-state index contributed by atoms with van der Waals surface area (Å²) < 4.78 is 7.12. The fourth-order valence-corrected chi connectivity index (χ4v) is 5.69. The van der Waals surface area contributed by atoms with Crippen LogP contribution < -0.4 is 0 Å². The van der Waals surface area contributed by atoms with Gasteiger partial charge in [0.1, 0.15) is 10.5 Å². The molecule has 4 aromatic rings. The summed E-state index contributed by atoms with van der Waals surface area (Å²) in [4.78, 5) is 23.8. The van der Waals surface area contributed by atoms with E-state index >= 15 is 0 Å². The molecule has 0 atom stereocenters. The topological polar surface area (TPSA) is 59.2 Å². The SMILES string of the molecule is O=C(CSCc1nc2ccccc2s1)N1CCC(c2nc3ccccc3o2)CC1. The van der Waals surface area contributed by atoms with E-state index < -0.39 is 0 Å². The fourth-order valence-electron chi connectivity index (χ4n) is 3.74. The molecular formula is C22H21N3O2S2. The average molecular weight is 424 g/mol. The van der Waals surface area contributed by atoms with Gasteiger partial charge in [-0.15, -0.1) is 23.1 Å². The molecule has 0 radical (unpaired) electrons. The molecule has 5 rings (SSSR count). The molecule has 5 nitrogen and oxygen atoms in total. The number of aromatic nitrogens is 2. The predicted octanol–water partition coefficient (Wildman–Crippen LogP) is 5.08. The molecule has 1 saturated heterocycles. The van der Waals surface area contributed by atoms with E-state index in [1.165, 1.54) is 4.70 Å². The number of carbonyl (C=O) groups excluding carboxylic acids is 1. The molecule has 0 N–H and O–H groups in total. The van der Waals surface area contributed by atoms with Crippen LogP contribution in [0.25, 0.3) is 21.3 Å². The number of carbonyl (C=O) groups is 1. The first-order valence-electron chi connectivity index (χ1n) is 9.82. The van der Waals surface area contributed by atoms with Crippen molar-refractivity contribution in [3.8, 4) is 0 Å². The first-order valence-corrected chi connectivity index (χ1v) is 11.8. The summed E-state index contributed by atoms with van der Waals surface area (Å²) in [5.41, 5.74) is 2.79. The number of benzene rings is 2. The Labute approximate surface area is 177 Å². The number of nitrogens with zero attached hydrogens (tertiary/aromatic N) is 3. The van der Waals surface area contributed by atoms with Gasteiger partial charge in [-0.25, -0.2) is 9.97 Å². The van der Waals surface area contributed by atoms with Gasteiger partial charge in [-0.3, -0.25) is 4.79 Å². The smallest absolute Gasteiger partial charge is 0.232 e. The fraction of sp³-hybridized carbons (Fsp3) is 0.318. The Hall–Kier alpha value is -2.38. The number of amides is 1. The van der Waals surface area contributed by atoms with Gasteiger partial charge in [0.05, 0.1) is 16.0 Å². The Balaban J connectivity index is 1.12. The maximum atomic E-state index is 12.6. The molecule has 0 bridgehead atoms. The van der Waals surface area contributed by atoms with Crippen LogP contribution in [-0.2, 0) is 10.5 Å². The molecule has 1 aliphatic heterocycles. The van der Waals surface area contributed by atoms with E-state index in [1.54, 1.807) is 23.1 Å². The summed E-state index contributed by atoms with van der Waals surface area (Å²) in [5, 5.41) is 1.08. The second kappa shape index (κ2) is 8.16. The molecule has 2 aromatic carbocycles. The number of rotatable bonds is 5. The number of para-hydroxylation sites is 3. The number of thiazole rings is 1. The molecule has 1 amide bonds. The number of thioether (sulfide) groups is 1. The number of piperidine rings is 1. The first-order chi connectivity index (χ1) is 14.3. The molecule has 2 aromatic heterocycles. The molecular weight excluding hydrogens is 402 g/mol. The van der Waals surface area contributed by atoms with Crippen LogP contribution in [0, 0.1) is 0 Å². The lowest BCUT2D eigenvalue weighted by atomic mass is 9.97. The Bertz CT molecular complexity index is 1080. The Morgan fingerprint density at radius 1 is 1.07 bits per heavy atom. The van der Waals surface area contributed by atoms with Crippen molar-refractivity contribution in [1.29, 1.82) is 0 Å². The van der Waals surface area contributed by atoms with Crippen molar-refractivity contribution in [2.75, 3.05) is 18.8 Å². The Morgan fingerprint density at radius 2 is 1.83 bits per heavy atom. The van der Waals surface area contributed by atoms with Gasteiger partial charge in [-0.1, -0.05) is 24.3 Å². The summed E-state index contributed by atoms with van der Waals surface area (Å²) in [6, 6.07) is 16.0. The van der Waals surface area contributed by atoms with Crippen molar-refractivity contribution >= 4 is 50.3 Å². The number of oxazole rings is 1. The summed E-state index contributed by atoms with van der Waals surface area (Å²) in [7, 11) is 0. The second-order valence-electron chi connectivity index (χ2n) is 7.24. The van der Waals surface area contributed by atoms with Gasteiger partial charge in [-0.2, -0.15) is 0 Å². The molecule has 1 aliphatic rings. The van der Waals surface area contributed by atoms with Gasteiger partial charge in [0.15, 0.2) is 11.5 Å². The molecule has 7 heteroatoms. The Kier molecular flexibility index (Phi) is 5.24. The molecule has 1 fully saturated rings. The molecule has 0 spiro atoms. The van der Waals surface area contributed by atoms with E-state index in [4.69, 9.17) is 4.42 Å². The minimum Gasteiger partial charge on any atom is -0.440 e. The summed E-state index contributed by atoms with van der Waals surface area (Å²) >= 11 is 3.36. The van der Waals surface area contributed by atoms with Crippen LogP contribution in [0.3, 0.4) is 0 Å². The van der Waals surface area contributed by atoms with E-state index in [2.05, 4.69) is 16.0 Å². The maximum absolute atomic E-state index is 12.6. The van der Waals surface area contributed by atoms with Crippen molar-refractivity contribution in [2.45, 2.75) is 24.5 Å². The first kappa shape index (κ1) is 18.6. The van der Waals surface area contributed by atoms with E-state index in [0.717, 1.165) is 59.2 Å². The summed E-state index contributed by atoms with van der Waals surface area (Å²) in [5.74, 6) is 2.60. The van der Waals surface area contributed by atoms with Gasteiger partial charge >= 0.3 is 0 Å². The van der Waals surface area contributed by atoms with Crippen LogP contribution in [0.1, 0.15) is 29.7 Å². The van der Waals surface area contributed by atoms with E-state index in [0.29, 0.717) is 11.7 Å². The lowest BCUT2D eigenvalue weighted by Crippen LogP contribution is -2.39. The number of hydrogen-bond acceptors (Lipinski definition) is 6. The molecule has 3 heterocycles. The summed E-state index contributed by atoms with van der Waals surface area (Å²) in [6.07, 6.45) is 1.81. The molecule has 0 saturated carbocycles. The lowest BCUT2D eigenvalue weighted by Gasteiger charge is -2.30. The largest absolute Gasteiger partial charge is 0.440 e. The van der Waals surface area contributed by atoms with E-state index in [9.17, 15) is 4.79 Å². The highest BCUT2D eigenvalue weighted by Gasteiger charge is 2.27. The van der Waals surface area contributed by atoms with Crippen molar-refractivity contribution in [2.24, 2.45) is 0 Å². The highest BCUT2D eigenvalue weighted by molar-refractivity contribution is 7.99. The normalized spacial score (nSPS) is 15.4.